The number of thioether (sulfide) groups is 1. The van der Waals surface area contributed by atoms with Gasteiger partial charge >= 0.3 is 0 Å². The van der Waals surface area contributed by atoms with E-state index in [0.717, 1.165) is 21.8 Å². The first-order valence-electron chi connectivity index (χ1n) is 4.17. The smallest absolute Gasteiger partial charge is 0.110 e. The Morgan fingerprint density at radius 3 is 3.08 bits per heavy atom. The van der Waals surface area contributed by atoms with E-state index >= 15 is 0 Å². The Morgan fingerprint density at radius 2 is 2.46 bits per heavy atom. The second kappa shape index (κ2) is 5.62. The van der Waals surface area contributed by atoms with Crippen LogP contribution in [0.4, 0.5) is 0 Å². The minimum absolute atomic E-state index is 0.541. The van der Waals surface area contributed by atoms with Crippen LogP contribution < -0.4 is 5.73 Å². The number of halogens is 1. The largest absolute Gasteiger partial charge is 0.330 e. The fraction of sp³-hybridized carbons (Fsp3) is 0.444. The summed E-state index contributed by atoms with van der Waals surface area (Å²) in [7, 11) is 0. The molecule has 2 N–H and O–H groups in total. The van der Waals surface area contributed by atoms with Gasteiger partial charge in [0.05, 0.1) is 0 Å². The van der Waals surface area contributed by atoms with Crippen LogP contribution in [0, 0.1) is 5.92 Å². The number of rotatable bonds is 4. The molecule has 1 atom stereocenters. The Kier molecular flexibility index (Phi) is 4.77. The minimum Gasteiger partial charge on any atom is -0.330 e. The third-order valence-electron chi connectivity index (χ3n) is 1.63. The summed E-state index contributed by atoms with van der Waals surface area (Å²) in [4.78, 5) is 4.26. The summed E-state index contributed by atoms with van der Waals surface area (Å²) in [5, 5.41) is 1.04. The molecule has 0 fully saturated rings. The molecular formula is C9H13BrN2S. The summed E-state index contributed by atoms with van der Waals surface area (Å²) in [6.45, 7) is 2.88. The number of pyridine rings is 1. The molecule has 0 bridgehead atoms. The van der Waals surface area contributed by atoms with E-state index in [0.29, 0.717) is 5.92 Å². The van der Waals surface area contributed by atoms with Gasteiger partial charge in [-0.3, -0.25) is 0 Å². The molecule has 0 spiro atoms. The van der Waals surface area contributed by atoms with Crippen LogP contribution in [-0.2, 0) is 0 Å². The molecule has 1 aromatic heterocycles. The van der Waals surface area contributed by atoms with Crippen molar-refractivity contribution in [1.82, 2.24) is 4.98 Å². The van der Waals surface area contributed by atoms with Crippen LogP contribution in [0.25, 0.3) is 0 Å². The number of nitrogens with two attached hydrogens (primary N) is 1. The monoisotopic (exact) mass is 260 g/mol. The highest BCUT2D eigenvalue weighted by molar-refractivity contribution is 9.10. The van der Waals surface area contributed by atoms with E-state index in [2.05, 4.69) is 27.8 Å². The van der Waals surface area contributed by atoms with E-state index in [4.69, 9.17) is 5.73 Å². The molecule has 0 radical (unpaired) electrons. The van der Waals surface area contributed by atoms with Crippen molar-refractivity contribution < 1.29 is 0 Å². The van der Waals surface area contributed by atoms with Gasteiger partial charge in [-0.2, -0.15) is 0 Å². The van der Waals surface area contributed by atoms with E-state index < -0.39 is 0 Å². The zero-order valence-corrected chi connectivity index (χ0v) is 9.94. The van der Waals surface area contributed by atoms with E-state index in [1.54, 1.807) is 18.0 Å². The van der Waals surface area contributed by atoms with Crippen LogP contribution >= 0.6 is 27.7 Å². The molecule has 1 rings (SSSR count). The topological polar surface area (TPSA) is 38.9 Å². The standard InChI is InChI=1S/C9H13BrN2S/c1-7(5-11)6-13-9-8(10)3-2-4-12-9/h2-4,7H,5-6,11H2,1H3. The number of hydrogen-bond donors (Lipinski definition) is 1. The van der Waals surface area contributed by atoms with E-state index in [1.165, 1.54) is 0 Å². The Morgan fingerprint density at radius 1 is 1.69 bits per heavy atom. The van der Waals surface area contributed by atoms with E-state index in [1.807, 2.05) is 12.1 Å². The molecule has 0 aliphatic rings. The molecule has 0 saturated carbocycles. The van der Waals surface area contributed by atoms with Gasteiger partial charge in [-0.15, -0.1) is 11.8 Å². The minimum atomic E-state index is 0.541. The number of nitrogens with zero attached hydrogens (tertiary/aromatic N) is 1. The predicted octanol–water partition coefficient (Wildman–Crippen LogP) is 2.53. The first-order valence-corrected chi connectivity index (χ1v) is 5.95. The second-order valence-electron chi connectivity index (χ2n) is 2.94. The summed E-state index contributed by atoms with van der Waals surface area (Å²) < 4.78 is 1.06. The normalized spacial score (nSPS) is 12.8. The number of aromatic nitrogens is 1. The second-order valence-corrected chi connectivity index (χ2v) is 4.81. The van der Waals surface area contributed by atoms with Gasteiger partial charge in [0, 0.05) is 16.4 Å². The summed E-state index contributed by atoms with van der Waals surface area (Å²) in [6.07, 6.45) is 1.81. The lowest BCUT2D eigenvalue weighted by molar-refractivity contribution is 0.675. The number of hydrogen-bond acceptors (Lipinski definition) is 3. The maximum atomic E-state index is 5.53. The van der Waals surface area contributed by atoms with Crippen molar-refractivity contribution in [2.45, 2.75) is 11.9 Å². The maximum Gasteiger partial charge on any atom is 0.110 e. The Balaban J connectivity index is 2.50. The van der Waals surface area contributed by atoms with Crippen LogP contribution in [0.2, 0.25) is 0 Å². The quantitative estimate of drug-likeness (QED) is 0.846. The first kappa shape index (κ1) is 11.0. The zero-order chi connectivity index (χ0) is 9.68. The van der Waals surface area contributed by atoms with Crippen LogP contribution in [0.15, 0.2) is 27.8 Å². The van der Waals surface area contributed by atoms with Crippen molar-refractivity contribution in [2.75, 3.05) is 12.3 Å². The molecule has 0 amide bonds. The lowest BCUT2D eigenvalue weighted by atomic mass is 10.2. The average Bonchev–Trinajstić information content (AvgIpc) is 2.16. The van der Waals surface area contributed by atoms with Crippen LogP contribution in [-0.4, -0.2) is 17.3 Å². The van der Waals surface area contributed by atoms with Gasteiger partial charge < -0.3 is 5.73 Å². The van der Waals surface area contributed by atoms with Gasteiger partial charge in [0.1, 0.15) is 5.03 Å². The molecule has 2 nitrogen and oxygen atoms in total. The molecule has 1 aromatic rings. The molecule has 0 saturated heterocycles. The van der Waals surface area contributed by atoms with Crippen molar-refractivity contribution in [3.05, 3.63) is 22.8 Å². The molecule has 13 heavy (non-hydrogen) atoms. The molecule has 72 valence electrons. The highest BCUT2D eigenvalue weighted by atomic mass is 79.9. The first-order chi connectivity index (χ1) is 6.24. The highest BCUT2D eigenvalue weighted by Crippen LogP contribution is 2.25. The van der Waals surface area contributed by atoms with Crippen molar-refractivity contribution in [3.63, 3.8) is 0 Å². The zero-order valence-electron chi connectivity index (χ0n) is 7.53. The fourth-order valence-corrected chi connectivity index (χ4v) is 2.28. The van der Waals surface area contributed by atoms with E-state index in [-0.39, 0.29) is 0 Å². The van der Waals surface area contributed by atoms with Crippen molar-refractivity contribution in [3.8, 4) is 0 Å². The van der Waals surface area contributed by atoms with Crippen molar-refractivity contribution >= 4 is 27.7 Å². The fourth-order valence-electron chi connectivity index (χ4n) is 0.767. The Bertz CT molecular complexity index is 268. The van der Waals surface area contributed by atoms with Gasteiger partial charge in [-0.25, -0.2) is 4.98 Å². The predicted molar refractivity (Wildman–Crippen MR) is 60.9 cm³/mol. The van der Waals surface area contributed by atoms with Crippen LogP contribution in [0.5, 0.6) is 0 Å². The van der Waals surface area contributed by atoms with Gasteiger partial charge in [-0.1, -0.05) is 6.92 Å². The van der Waals surface area contributed by atoms with E-state index in [9.17, 15) is 0 Å². The summed E-state index contributed by atoms with van der Waals surface area (Å²) >= 11 is 5.20. The summed E-state index contributed by atoms with van der Waals surface area (Å²) in [6, 6.07) is 3.92. The Labute approximate surface area is 91.4 Å². The molecular weight excluding hydrogens is 248 g/mol. The lowest BCUT2D eigenvalue weighted by Gasteiger charge is -2.07. The lowest BCUT2D eigenvalue weighted by Crippen LogP contribution is -2.12. The van der Waals surface area contributed by atoms with Gasteiger partial charge in [0.15, 0.2) is 0 Å². The van der Waals surface area contributed by atoms with Crippen LogP contribution in [0.1, 0.15) is 6.92 Å². The molecule has 1 unspecified atom stereocenters. The molecule has 0 aromatic carbocycles. The van der Waals surface area contributed by atoms with Crippen LogP contribution in [0.3, 0.4) is 0 Å². The molecule has 1 heterocycles. The van der Waals surface area contributed by atoms with Gasteiger partial charge in [0.2, 0.25) is 0 Å². The highest BCUT2D eigenvalue weighted by Gasteiger charge is 2.04. The third-order valence-corrected chi connectivity index (χ3v) is 3.87. The average molecular weight is 261 g/mol. The summed E-state index contributed by atoms with van der Waals surface area (Å²) in [5.74, 6) is 1.56. The van der Waals surface area contributed by atoms with Gasteiger partial charge in [0.25, 0.3) is 0 Å². The van der Waals surface area contributed by atoms with Gasteiger partial charge in [-0.05, 0) is 40.5 Å². The SMILES string of the molecule is CC(CN)CSc1ncccc1Br. The molecule has 0 aliphatic heterocycles. The Hall–Kier alpha value is -0.0600. The van der Waals surface area contributed by atoms with Crippen molar-refractivity contribution in [1.29, 1.82) is 0 Å². The molecule has 4 heteroatoms. The summed E-state index contributed by atoms with van der Waals surface area (Å²) in [5.41, 5.74) is 5.53. The third kappa shape index (κ3) is 3.67. The maximum absolute atomic E-state index is 5.53. The van der Waals surface area contributed by atoms with Crippen molar-refractivity contribution in [2.24, 2.45) is 11.7 Å². The molecule has 0 aliphatic carbocycles.